The quantitative estimate of drug-likeness (QED) is 0.784. The highest BCUT2D eigenvalue weighted by molar-refractivity contribution is 5.93. The van der Waals surface area contributed by atoms with E-state index in [0.717, 1.165) is 16.6 Å². The van der Waals surface area contributed by atoms with Crippen LogP contribution in [0.15, 0.2) is 42.7 Å². The molecule has 2 aromatic carbocycles. The number of nitrogens with zero attached hydrogens (tertiary/aromatic N) is 3. The average molecular weight is 304 g/mol. The van der Waals surface area contributed by atoms with Crippen LogP contribution in [0, 0.1) is 11.3 Å². The van der Waals surface area contributed by atoms with Gasteiger partial charge < -0.3 is 14.8 Å². The minimum atomic E-state index is 0.527. The van der Waals surface area contributed by atoms with Crippen molar-refractivity contribution in [3.05, 3.63) is 48.3 Å². The smallest absolute Gasteiger partial charge is 0.163 e. The molecule has 0 amide bonds. The molecule has 2 heterocycles. The molecule has 0 fully saturated rings. The summed E-state index contributed by atoms with van der Waals surface area (Å²) in [6.45, 7) is 1.06. The number of hydrogen-bond donors (Lipinski definition) is 1. The van der Waals surface area contributed by atoms with Gasteiger partial charge in [-0.25, -0.2) is 9.97 Å². The molecule has 0 atom stereocenters. The van der Waals surface area contributed by atoms with Crippen molar-refractivity contribution in [3.63, 3.8) is 0 Å². The van der Waals surface area contributed by atoms with Gasteiger partial charge in [0.15, 0.2) is 11.5 Å². The summed E-state index contributed by atoms with van der Waals surface area (Å²) >= 11 is 0. The number of ether oxygens (including phenoxy) is 2. The van der Waals surface area contributed by atoms with Gasteiger partial charge in [-0.05, 0) is 24.3 Å². The Labute approximate surface area is 132 Å². The predicted molar refractivity (Wildman–Crippen MR) is 85.0 cm³/mol. The molecule has 6 heteroatoms. The van der Waals surface area contributed by atoms with Crippen LogP contribution in [0.1, 0.15) is 5.56 Å². The van der Waals surface area contributed by atoms with E-state index < -0.39 is 0 Å². The summed E-state index contributed by atoms with van der Waals surface area (Å²) in [5.74, 6) is 2.04. The summed E-state index contributed by atoms with van der Waals surface area (Å²) < 4.78 is 11.2. The fourth-order valence-electron chi connectivity index (χ4n) is 2.50. The molecule has 0 bridgehead atoms. The molecule has 23 heavy (non-hydrogen) atoms. The number of nitriles is 1. The first-order chi connectivity index (χ1) is 11.3. The number of benzene rings is 2. The topological polar surface area (TPSA) is 80.1 Å². The van der Waals surface area contributed by atoms with E-state index in [4.69, 9.17) is 14.7 Å². The molecule has 112 valence electrons. The fraction of sp³-hybridized carbons (Fsp3) is 0.118. The Morgan fingerprint density at radius 3 is 2.70 bits per heavy atom. The van der Waals surface area contributed by atoms with Crippen LogP contribution in [-0.4, -0.2) is 23.2 Å². The number of hydrogen-bond acceptors (Lipinski definition) is 6. The predicted octanol–water partition coefficient (Wildman–Crippen LogP) is 3.02. The van der Waals surface area contributed by atoms with Gasteiger partial charge in [0, 0.05) is 17.1 Å². The van der Waals surface area contributed by atoms with Crippen LogP contribution in [0.4, 0.5) is 11.5 Å². The third-order valence-electron chi connectivity index (χ3n) is 3.55. The number of anilines is 2. The van der Waals surface area contributed by atoms with Crippen LogP contribution in [0.5, 0.6) is 11.5 Å². The Kier molecular flexibility index (Phi) is 3.17. The van der Waals surface area contributed by atoms with Gasteiger partial charge in [-0.1, -0.05) is 6.07 Å². The summed E-state index contributed by atoms with van der Waals surface area (Å²) in [5, 5.41) is 13.1. The van der Waals surface area contributed by atoms with Crippen molar-refractivity contribution >= 4 is 22.4 Å². The van der Waals surface area contributed by atoms with Gasteiger partial charge in [0.2, 0.25) is 0 Å². The maximum atomic E-state index is 9.00. The van der Waals surface area contributed by atoms with Crippen LogP contribution < -0.4 is 14.8 Å². The molecule has 6 nitrogen and oxygen atoms in total. The Balaban J connectivity index is 1.79. The lowest BCUT2D eigenvalue weighted by molar-refractivity contribution is 0.172. The third kappa shape index (κ3) is 2.49. The highest BCUT2D eigenvalue weighted by Crippen LogP contribution is 2.36. The van der Waals surface area contributed by atoms with Crippen LogP contribution in [0.2, 0.25) is 0 Å². The Bertz CT molecular complexity index is 934. The third-order valence-corrected chi connectivity index (χ3v) is 3.55. The molecule has 0 unspecified atom stereocenters. The average Bonchev–Trinajstić information content (AvgIpc) is 2.60. The maximum absolute atomic E-state index is 9.00. The van der Waals surface area contributed by atoms with Gasteiger partial charge in [-0.2, -0.15) is 5.26 Å². The summed E-state index contributed by atoms with van der Waals surface area (Å²) in [5.41, 5.74) is 2.14. The molecule has 1 aromatic heterocycles. The molecule has 0 saturated carbocycles. The zero-order chi connectivity index (χ0) is 15.6. The molecule has 0 saturated heterocycles. The lowest BCUT2D eigenvalue weighted by Crippen LogP contribution is -2.15. The van der Waals surface area contributed by atoms with Crippen molar-refractivity contribution in [2.24, 2.45) is 0 Å². The number of fused-ring (bicyclic) bond motifs is 2. The van der Waals surface area contributed by atoms with Crippen LogP contribution in [0.25, 0.3) is 10.9 Å². The molecular weight excluding hydrogens is 292 g/mol. The van der Waals surface area contributed by atoms with Crippen LogP contribution in [0.3, 0.4) is 0 Å². The highest BCUT2D eigenvalue weighted by Gasteiger charge is 2.15. The van der Waals surface area contributed by atoms with Crippen molar-refractivity contribution in [2.75, 3.05) is 18.5 Å². The standard InChI is InChI=1S/C17H12N4O2/c18-9-11-2-1-3-12(6-11)21-17-13-7-15-16(23-5-4-22-15)8-14(13)19-10-20-17/h1-3,6-8,10H,4-5H2,(H,19,20,21). The van der Waals surface area contributed by atoms with Crippen molar-refractivity contribution in [1.82, 2.24) is 9.97 Å². The van der Waals surface area contributed by atoms with Gasteiger partial charge in [0.25, 0.3) is 0 Å². The maximum Gasteiger partial charge on any atom is 0.163 e. The monoisotopic (exact) mass is 304 g/mol. The number of aromatic nitrogens is 2. The number of rotatable bonds is 2. The Morgan fingerprint density at radius 2 is 1.87 bits per heavy atom. The first-order valence-corrected chi connectivity index (χ1v) is 7.15. The summed E-state index contributed by atoms with van der Waals surface area (Å²) in [6.07, 6.45) is 1.49. The molecule has 0 aliphatic carbocycles. The number of nitrogens with one attached hydrogen (secondary N) is 1. The van der Waals surface area contributed by atoms with E-state index in [9.17, 15) is 0 Å². The summed E-state index contributed by atoms with van der Waals surface area (Å²) in [6, 6.07) is 13.1. The van der Waals surface area contributed by atoms with Crippen molar-refractivity contribution in [3.8, 4) is 17.6 Å². The first-order valence-electron chi connectivity index (χ1n) is 7.15. The summed E-state index contributed by atoms with van der Waals surface area (Å²) in [4.78, 5) is 8.59. The van der Waals surface area contributed by atoms with Crippen molar-refractivity contribution in [1.29, 1.82) is 5.26 Å². The van der Waals surface area contributed by atoms with E-state index in [2.05, 4.69) is 21.4 Å². The minimum Gasteiger partial charge on any atom is -0.486 e. The lowest BCUT2D eigenvalue weighted by Gasteiger charge is -2.19. The normalized spacial score (nSPS) is 12.7. The second-order valence-corrected chi connectivity index (χ2v) is 5.05. The van der Waals surface area contributed by atoms with Crippen LogP contribution >= 0.6 is 0 Å². The zero-order valence-corrected chi connectivity index (χ0v) is 12.1. The molecule has 1 aliphatic rings. The molecule has 3 aromatic rings. The Morgan fingerprint density at radius 1 is 1.04 bits per heavy atom. The molecule has 1 N–H and O–H groups in total. The molecule has 1 aliphatic heterocycles. The van der Waals surface area contributed by atoms with Gasteiger partial charge >= 0.3 is 0 Å². The molecule has 0 radical (unpaired) electrons. The molecule has 0 spiro atoms. The van der Waals surface area contributed by atoms with Gasteiger partial charge in [0.1, 0.15) is 25.4 Å². The zero-order valence-electron chi connectivity index (χ0n) is 12.1. The van der Waals surface area contributed by atoms with Crippen molar-refractivity contribution < 1.29 is 9.47 Å². The second kappa shape index (κ2) is 5.46. The largest absolute Gasteiger partial charge is 0.486 e. The van der Waals surface area contributed by atoms with E-state index in [1.807, 2.05) is 24.3 Å². The van der Waals surface area contributed by atoms with E-state index in [1.54, 1.807) is 12.1 Å². The van der Waals surface area contributed by atoms with E-state index in [1.165, 1.54) is 6.33 Å². The first kappa shape index (κ1) is 13.3. The van der Waals surface area contributed by atoms with E-state index in [-0.39, 0.29) is 0 Å². The van der Waals surface area contributed by atoms with Gasteiger partial charge in [-0.15, -0.1) is 0 Å². The highest BCUT2D eigenvalue weighted by atomic mass is 16.6. The van der Waals surface area contributed by atoms with Gasteiger partial charge in [-0.3, -0.25) is 0 Å². The SMILES string of the molecule is N#Cc1cccc(Nc2ncnc3cc4c(cc23)OCCO4)c1. The Hall–Kier alpha value is -3.33. The fourth-order valence-corrected chi connectivity index (χ4v) is 2.50. The molecule has 4 rings (SSSR count). The van der Waals surface area contributed by atoms with Crippen LogP contribution in [-0.2, 0) is 0 Å². The minimum absolute atomic E-state index is 0.527. The van der Waals surface area contributed by atoms with Crippen molar-refractivity contribution in [2.45, 2.75) is 0 Å². The van der Waals surface area contributed by atoms with E-state index >= 15 is 0 Å². The van der Waals surface area contributed by atoms with Gasteiger partial charge in [0.05, 0.1) is 17.1 Å². The molecular formula is C17H12N4O2. The summed E-state index contributed by atoms with van der Waals surface area (Å²) in [7, 11) is 0. The lowest BCUT2D eigenvalue weighted by atomic mass is 10.2. The second-order valence-electron chi connectivity index (χ2n) is 5.05. The van der Waals surface area contributed by atoms with E-state index in [0.29, 0.717) is 36.1 Å².